The van der Waals surface area contributed by atoms with Crippen LogP contribution >= 0.6 is 27.5 Å². The zero-order chi connectivity index (χ0) is 14.7. The summed E-state index contributed by atoms with van der Waals surface area (Å²) in [6.45, 7) is 4.05. The minimum absolute atomic E-state index is 0.0474. The molecule has 0 aliphatic carbocycles. The molecule has 0 saturated carbocycles. The van der Waals surface area contributed by atoms with Crippen LogP contribution in [0.2, 0.25) is 5.02 Å². The van der Waals surface area contributed by atoms with E-state index in [-0.39, 0.29) is 16.5 Å². The molecule has 0 fully saturated rings. The second kappa shape index (κ2) is 6.54. The Morgan fingerprint density at radius 3 is 2.42 bits per heavy atom. The smallest absolute Gasteiger partial charge is 0.243 e. The normalized spacial score (nSPS) is 12.7. The van der Waals surface area contributed by atoms with Gasteiger partial charge in [-0.2, -0.15) is 0 Å². The van der Waals surface area contributed by atoms with Crippen LogP contribution in [0.1, 0.15) is 26.7 Å². The van der Waals surface area contributed by atoms with Crippen molar-refractivity contribution in [1.82, 2.24) is 4.72 Å². The van der Waals surface area contributed by atoms with Crippen molar-refractivity contribution in [1.29, 1.82) is 0 Å². The van der Waals surface area contributed by atoms with Crippen molar-refractivity contribution in [3.8, 4) is 0 Å². The third-order valence-corrected chi connectivity index (χ3v) is 6.06. The molecule has 0 unspecified atom stereocenters. The summed E-state index contributed by atoms with van der Waals surface area (Å²) in [7, 11) is -3.68. The predicted molar refractivity (Wildman–Crippen MR) is 81.8 cm³/mol. The summed E-state index contributed by atoms with van der Waals surface area (Å²) >= 11 is 9.15. The van der Waals surface area contributed by atoms with E-state index in [1.807, 2.05) is 13.8 Å². The standard InChI is InChI=1S/C12H18BrClN2O2S/c1-3-12(15,4-2)8-16-19(17,18)11-9(13)6-5-7-10(11)14/h5-7,16H,3-4,8,15H2,1-2H3. The number of benzene rings is 1. The van der Waals surface area contributed by atoms with Crippen molar-refractivity contribution in [3.05, 3.63) is 27.7 Å². The lowest BCUT2D eigenvalue weighted by Gasteiger charge is -2.26. The number of nitrogens with one attached hydrogen (secondary N) is 1. The summed E-state index contributed by atoms with van der Waals surface area (Å²) in [6.07, 6.45) is 1.38. The molecule has 0 spiro atoms. The van der Waals surface area contributed by atoms with Crippen LogP contribution in [-0.2, 0) is 10.0 Å². The monoisotopic (exact) mass is 368 g/mol. The topological polar surface area (TPSA) is 72.2 Å². The first kappa shape index (κ1) is 16.9. The van der Waals surface area contributed by atoms with Crippen LogP contribution in [0, 0.1) is 0 Å². The maximum atomic E-state index is 12.3. The van der Waals surface area contributed by atoms with E-state index in [0.717, 1.165) is 0 Å². The Labute approximate surface area is 127 Å². The van der Waals surface area contributed by atoms with E-state index in [1.165, 1.54) is 6.07 Å². The first-order chi connectivity index (χ1) is 8.75. The van der Waals surface area contributed by atoms with Crippen LogP contribution < -0.4 is 10.5 Å². The predicted octanol–water partition coefficient (Wildman–Crippen LogP) is 2.90. The van der Waals surface area contributed by atoms with Crippen molar-refractivity contribution in [3.63, 3.8) is 0 Å². The summed E-state index contributed by atoms with van der Waals surface area (Å²) < 4.78 is 27.5. The molecular formula is C12H18BrClN2O2S. The number of halogens is 2. The van der Waals surface area contributed by atoms with E-state index in [9.17, 15) is 8.42 Å². The van der Waals surface area contributed by atoms with Crippen LogP contribution in [-0.4, -0.2) is 20.5 Å². The quantitative estimate of drug-likeness (QED) is 0.810. The van der Waals surface area contributed by atoms with Crippen molar-refractivity contribution < 1.29 is 8.42 Å². The van der Waals surface area contributed by atoms with Gasteiger partial charge in [-0.25, -0.2) is 13.1 Å². The molecule has 0 heterocycles. The highest BCUT2D eigenvalue weighted by Crippen LogP contribution is 2.29. The highest BCUT2D eigenvalue weighted by molar-refractivity contribution is 9.10. The van der Waals surface area contributed by atoms with Gasteiger partial charge in [-0.3, -0.25) is 0 Å². The van der Waals surface area contributed by atoms with Crippen LogP contribution in [0.3, 0.4) is 0 Å². The maximum Gasteiger partial charge on any atom is 0.243 e. The van der Waals surface area contributed by atoms with Gasteiger partial charge in [0.2, 0.25) is 10.0 Å². The van der Waals surface area contributed by atoms with Gasteiger partial charge in [0.05, 0.1) is 5.02 Å². The van der Waals surface area contributed by atoms with E-state index in [1.54, 1.807) is 12.1 Å². The maximum absolute atomic E-state index is 12.3. The molecule has 0 saturated heterocycles. The average molecular weight is 370 g/mol. The number of sulfonamides is 1. The molecule has 0 aliphatic rings. The Kier molecular flexibility index (Phi) is 5.82. The van der Waals surface area contributed by atoms with Crippen LogP contribution in [0.25, 0.3) is 0 Å². The van der Waals surface area contributed by atoms with E-state index in [4.69, 9.17) is 17.3 Å². The molecule has 7 heteroatoms. The third-order valence-electron chi connectivity index (χ3n) is 3.21. The van der Waals surface area contributed by atoms with Crippen molar-refractivity contribution in [2.24, 2.45) is 5.73 Å². The Morgan fingerprint density at radius 2 is 1.95 bits per heavy atom. The Morgan fingerprint density at radius 1 is 1.37 bits per heavy atom. The fourth-order valence-electron chi connectivity index (χ4n) is 1.55. The van der Waals surface area contributed by atoms with E-state index >= 15 is 0 Å². The molecule has 0 bridgehead atoms. The number of hydrogen-bond acceptors (Lipinski definition) is 3. The van der Waals surface area contributed by atoms with Crippen LogP contribution in [0.5, 0.6) is 0 Å². The zero-order valence-electron chi connectivity index (χ0n) is 10.9. The average Bonchev–Trinajstić information content (AvgIpc) is 2.35. The summed E-state index contributed by atoms with van der Waals surface area (Å²) in [5.74, 6) is 0. The van der Waals surface area contributed by atoms with Gasteiger partial charge in [-0.1, -0.05) is 31.5 Å². The van der Waals surface area contributed by atoms with Gasteiger partial charge in [-0.05, 0) is 40.9 Å². The van der Waals surface area contributed by atoms with Gasteiger partial charge < -0.3 is 5.73 Å². The molecule has 0 radical (unpaired) electrons. The highest BCUT2D eigenvalue weighted by Gasteiger charge is 2.26. The Bertz CT molecular complexity index is 524. The minimum Gasteiger partial charge on any atom is -0.324 e. The molecule has 1 rings (SSSR count). The lowest BCUT2D eigenvalue weighted by Crippen LogP contribution is -2.49. The van der Waals surface area contributed by atoms with E-state index in [2.05, 4.69) is 20.7 Å². The third kappa shape index (κ3) is 4.16. The van der Waals surface area contributed by atoms with Crippen molar-refractivity contribution in [2.45, 2.75) is 37.1 Å². The molecule has 0 aromatic heterocycles. The van der Waals surface area contributed by atoms with Gasteiger partial charge in [0, 0.05) is 16.6 Å². The first-order valence-electron chi connectivity index (χ1n) is 5.98. The number of hydrogen-bond donors (Lipinski definition) is 2. The molecule has 108 valence electrons. The highest BCUT2D eigenvalue weighted by atomic mass is 79.9. The largest absolute Gasteiger partial charge is 0.324 e. The fraction of sp³-hybridized carbons (Fsp3) is 0.500. The molecule has 1 aromatic carbocycles. The molecule has 1 aromatic rings. The SMILES string of the molecule is CCC(N)(CC)CNS(=O)(=O)c1c(Cl)cccc1Br. The van der Waals surface area contributed by atoms with Gasteiger partial charge in [0.15, 0.2) is 0 Å². The lowest BCUT2D eigenvalue weighted by atomic mass is 9.95. The van der Waals surface area contributed by atoms with Crippen molar-refractivity contribution >= 4 is 37.6 Å². The Hall–Kier alpha value is -0.140. The molecule has 0 amide bonds. The minimum atomic E-state index is -3.68. The molecule has 19 heavy (non-hydrogen) atoms. The summed E-state index contributed by atoms with van der Waals surface area (Å²) in [5, 5.41) is 0.178. The fourth-order valence-corrected chi connectivity index (χ4v) is 4.42. The van der Waals surface area contributed by atoms with Crippen LogP contribution in [0.15, 0.2) is 27.6 Å². The second-order valence-corrected chi connectivity index (χ2v) is 7.41. The number of rotatable bonds is 6. The zero-order valence-corrected chi connectivity index (χ0v) is 14.1. The number of nitrogens with two attached hydrogens (primary N) is 1. The molecule has 4 nitrogen and oxygen atoms in total. The first-order valence-corrected chi connectivity index (χ1v) is 8.63. The van der Waals surface area contributed by atoms with E-state index < -0.39 is 15.6 Å². The van der Waals surface area contributed by atoms with Crippen LogP contribution in [0.4, 0.5) is 0 Å². The van der Waals surface area contributed by atoms with Crippen molar-refractivity contribution in [2.75, 3.05) is 6.54 Å². The lowest BCUT2D eigenvalue weighted by molar-refractivity contribution is 0.391. The second-order valence-electron chi connectivity index (χ2n) is 4.44. The van der Waals surface area contributed by atoms with Gasteiger partial charge in [0.1, 0.15) is 4.90 Å². The summed E-state index contributed by atoms with van der Waals surface area (Å²) in [5.41, 5.74) is 5.55. The molecule has 0 aliphatic heterocycles. The molecule has 0 atom stereocenters. The summed E-state index contributed by atoms with van der Waals surface area (Å²) in [4.78, 5) is 0.0474. The van der Waals surface area contributed by atoms with Gasteiger partial charge >= 0.3 is 0 Å². The Balaban J connectivity index is 3.00. The van der Waals surface area contributed by atoms with Gasteiger partial charge in [-0.15, -0.1) is 0 Å². The molecular weight excluding hydrogens is 352 g/mol. The molecule has 3 N–H and O–H groups in total. The van der Waals surface area contributed by atoms with Gasteiger partial charge in [0.25, 0.3) is 0 Å². The summed E-state index contributed by atoms with van der Waals surface area (Å²) in [6, 6.07) is 4.85. The van der Waals surface area contributed by atoms with E-state index in [0.29, 0.717) is 17.3 Å².